The third-order valence-corrected chi connectivity index (χ3v) is 5.13. The lowest BCUT2D eigenvalue weighted by atomic mass is 10.00. The van der Waals surface area contributed by atoms with Gasteiger partial charge in [0.15, 0.2) is 0 Å². The summed E-state index contributed by atoms with van der Waals surface area (Å²) in [5, 5.41) is 15.0. The summed E-state index contributed by atoms with van der Waals surface area (Å²) in [6.45, 7) is 6.95. The number of rotatable bonds is 5. The van der Waals surface area contributed by atoms with Gasteiger partial charge in [0.2, 0.25) is 11.6 Å². The molecule has 1 aromatic carbocycles. The van der Waals surface area contributed by atoms with Gasteiger partial charge in [0.25, 0.3) is 0 Å². The van der Waals surface area contributed by atoms with E-state index in [-0.39, 0.29) is 22.5 Å². The molecule has 1 saturated heterocycles. The Morgan fingerprint density at radius 1 is 1.27 bits per heavy atom. The van der Waals surface area contributed by atoms with Crippen molar-refractivity contribution in [3.8, 4) is 0 Å². The van der Waals surface area contributed by atoms with Gasteiger partial charge in [0.05, 0.1) is 4.92 Å². The van der Waals surface area contributed by atoms with Crippen molar-refractivity contribution in [2.45, 2.75) is 52.5 Å². The maximum Gasteiger partial charge on any atom is 0.353 e. The van der Waals surface area contributed by atoms with Gasteiger partial charge in [-0.3, -0.25) is 10.1 Å². The number of aromatic nitrogens is 2. The van der Waals surface area contributed by atoms with Crippen molar-refractivity contribution < 1.29 is 4.92 Å². The van der Waals surface area contributed by atoms with Crippen LogP contribution in [0.5, 0.6) is 0 Å². The minimum absolute atomic E-state index is 0.0499. The first-order valence-corrected chi connectivity index (χ1v) is 9.11. The van der Waals surface area contributed by atoms with Gasteiger partial charge in [-0.15, -0.1) is 0 Å². The molecule has 1 unspecified atom stereocenters. The van der Waals surface area contributed by atoms with Gasteiger partial charge >= 0.3 is 5.69 Å². The van der Waals surface area contributed by atoms with Crippen molar-refractivity contribution in [3.63, 3.8) is 0 Å². The highest BCUT2D eigenvalue weighted by atomic mass is 16.6. The fraction of sp³-hybridized carbons (Fsp3) is 0.474. The largest absolute Gasteiger partial charge is 0.353 e. The highest BCUT2D eigenvalue weighted by Crippen LogP contribution is 2.37. The molecule has 0 radical (unpaired) electrons. The summed E-state index contributed by atoms with van der Waals surface area (Å²) in [4.78, 5) is 22.0. The Morgan fingerprint density at radius 2 is 2.08 bits per heavy atom. The molecule has 1 aromatic heterocycles. The first-order valence-electron chi connectivity index (χ1n) is 9.11. The first kappa shape index (κ1) is 18.1. The van der Waals surface area contributed by atoms with Crippen LogP contribution in [0.15, 0.2) is 24.5 Å². The van der Waals surface area contributed by atoms with Crippen molar-refractivity contribution in [1.82, 2.24) is 9.97 Å². The Balaban J connectivity index is 2.00. The molecular formula is C19H25N5O2. The monoisotopic (exact) mass is 355 g/mol. The molecule has 3 rings (SSSR count). The Hall–Kier alpha value is -2.70. The second-order valence-corrected chi connectivity index (χ2v) is 6.83. The molecule has 0 bridgehead atoms. The molecule has 0 aliphatic carbocycles. The molecule has 138 valence electrons. The number of aryl methyl sites for hydroxylation is 2. The van der Waals surface area contributed by atoms with Crippen LogP contribution >= 0.6 is 0 Å². The number of hydrogen-bond acceptors (Lipinski definition) is 6. The quantitative estimate of drug-likeness (QED) is 0.627. The summed E-state index contributed by atoms with van der Waals surface area (Å²) in [6, 6.07) is 6.15. The highest BCUT2D eigenvalue weighted by Gasteiger charge is 2.31. The number of nitrogens with one attached hydrogen (secondary N) is 1. The average molecular weight is 355 g/mol. The van der Waals surface area contributed by atoms with Crippen molar-refractivity contribution in [2.24, 2.45) is 0 Å². The van der Waals surface area contributed by atoms with Crippen LogP contribution in [0.25, 0.3) is 0 Å². The van der Waals surface area contributed by atoms with E-state index in [1.165, 1.54) is 11.9 Å². The number of anilines is 3. The van der Waals surface area contributed by atoms with Gasteiger partial charge < -0.3 is 10.2 Å². The van der Waals surface area contributed by atoms with Crippen molar-refractivity contribution in [3.05, 3.63) is 45.8 Å². The molecule has 7 nitrogen and oxygen atoms in total. The lowest BCUT2D eigenvalue weighted by Gasteiger charge is -2.35. The number of piperidine rings is 1. The van der Waals surface area contributed by atoms with Crippen LogP contribution in [0, 0.1) is 24.0 Å². The van der Waals surface area contributed by atoms with Crippen LogP contribution in [-0.2, 0) is 0 Å². The van der Waals surface area contributed by atoms with Crippen LogP contribution in [0.4, 0.5) is 23.0 Å². The summed E-state index contributed by atoms with van der Waals surface area (Å²) >= 11 is 0. The first-order chi connectivity index (χ1) is 12.5. The molecule has 1 fully saturated rings. The van der Waals surface area contributed by atoms with Gasteiger partial charge in [-0.1, -0.05) is 13.0 Å². The summed E-state index contributed by atoms with van der Waals surface area (Å²) in [5.74, 6) is 0.659. The zero-order chi connectivity index (χ0) is 18.7. The van der Waals surface area contributed by atoms with E-state index < -0.39 is 0 Å². The molecule has 1 N–H and O–H groups in total. The maximum absolute atomic E-state index is 11.9. The topological polar surface area (TPSA) is 84.2 Å². The zero-order valence-electron chi connectivity index (χ0n) is 15.5. The maximum atomic E-state index is 11.9. The van der Waals surface area contributed by atoms with E-state index >= 15 is 0 Å². The van der Waals surface area contributed by atoms with Gasteiger partial charge in [-0.25, -0.2) is 9.97 Å². The lowest BCUT2D eigenvalue weighted by Crippen LogP contribution is -2.40. The SMILES string of the molecule is CCC1CCCCN1c1ncnc(Nc2ccc(C)c(C)c2)c1[N+](=O)[O-]. The fourth-order valence-corrected chi connectivity index (χ4v) is 3.50. The number of nitro groups is 1. The molecule has 0 amide bonds. The van der Waals surface area contributed by atoms with Crippen molar-refractivity contribution in [2.75, 3.05) is 16.8 Å². The summed E-state index contributed by atoms with van der Waals surface area (Å²) in [7, 11) is 0. The molecule has 0 saturated carbocycles. The predicted molar refractivity (Wildman–Crippen MR) is 103 cm³/mol. The standard InChI is InChI=1S/C19H25N5O2/c1-4-16-7-5-6-10-23(16)19-17(24(25)26)18(20-12-21-19)22-15-9-8-13(2)14(3)11-15/h8-9,11-12,16H,4-7,10H2,1-3H3,(H,20,21,22). The van der Waals surface area contributed by atoms with Crippen molar-refractivity contribution >= 4 is 23.0 Å². The summed E-state index contributed by atoms with van der Waals surface area (Å²) in [5.41, 5.74) is 3.03. The van der Waals surface area contributed by atoms with E-state index in [0.717, 1.165) is 43.5 Å². The van der Waals surface area contributed by atoms with E-state index in [0.29, 0.717) is 5.82 Å². The lowest BCUT2D eigenvalue weighted by molar-refractivity contribution is -0.383. The van der Waals surface area contributed by atoms with E-state index in [4.69, 9.17) is 0 Å². The van der Waals surface area contributed by atoms with Gasteiger partial charge in [0.1, 0.15) is 6.33 Å². The Labute approximate surface area is 153 Å². The molecule has 7 heteroatoms. The van der Waals surface area contributed by atoms with E-state index in [1.807, 2.05) is 32.0 Å². The van der Waals surface area contributed by atoms with Crippen LogP contribution in [0.3, 0.4) is 0 Å². The Bertz CT molecular complexity index is 809. The van der Waals surface area contributed by atoms with Gasteiger partial charge in [-0.05, 0) is 62.8 Å². The van der Waals surface area contributed by atoms with E-state index in [9.17, 15) is 10.1 Å². The third-order valence-electron chi connectivity index (χ3n) is 5.13. The molecule has 2 heterocycles. The average Bonchev–Trinajstić information content (AvgIpc) is 2.64. The summed E-state index contributed by atoms with van der Waals surface area (Å²) in [6.07, 6.45) is 5.57. The normalized spacial score (nSPS) is 17.2. The van der Waals surface area contributed by atoms with Gasteiger partial charge in [0, 0.05) is 18.3 Å². The molecule has 2 aromatic rings. The summed E-state index contributed by atoms with van der Waals surface area (Å²) < 4.78 is 0. The highest BCUT2D eigenvalue weighted by molar-refractivity contribution is 5.75. The van der Waals surface area contributed by atoms with Crippen LogP contribution in [0.1, 0.15) is 43.7 Å². The minimum Gasteiger partial charge on any atom is -0.348 e. The molecule has 1 aliphatic heterocycles. The zero-order valence-corrected chi connectivity index (χ0v) is 15.5. The predicted octanol–water partition coefficient (Wildman–Crippen LogP) is 4.51. The Kier molecular flexibility index (Phi) is 5.35. The number of benzene rings is 1. The third kappa shape index (κ3) is 3.61. The molecule has 0 spiro atoms. The number of nitrogens with zero attached hydrogens (tertiary/aromatic N) is 4. The minimum atomic E-state index is -0.375. The molecule has 1 atom stereocenters. The second kappa shape index (κ2) is 7.68. The van der Waals surface area contributed by atoms with Crippen LogP contribution < -0.4 is 10.2 Å². The van der Waals surface area contributed by atoms with Gasteiger partial charge in [-0.2, -0.15) is 0 Å². The molecular weight excluding hydrogens is 330 g/mol. The fourth-order valence-electron chi connectivity index (χ4n) is 3.50. The molecule has 1 aliphatic rings. The van der Waals surface area contributed by atoms with Crippen LogP contribution in [-0.4, -0.2) is 27.5 Å². The second-order valence-electron chi connectivity index (χ2n) is 6.83. The van der Waals surface area contributed by atoms with Crippen molar-refractivity contribution in [1.29, 1.82) is 0 Å². The molecule has 26 heavy (non-hydrogen) atoms. The smallest absolute Gasteiger partial charge is 0.348 e. The van der Waals surface area contributed by atoms with E-state index in [2.05, 4.69) is 27.1 Å². The number of hydrogen-bond donors (Lipinski definition) is 1. The Morgan fingerprint density at radius 3 is 2.77 bits per heavy atom. The van der Waals surface area contributed by atoms with E-state index in [1.54, 1.807) is 0 Å². The van der Waals surface area contributed by atoms with Crippen LogP contribution in [0.2, 0.25) is 0 Å².